The summed E-state index contributed by atoms with van der Waals surface area (Å²) in [5, 5.41) is 1.48. The summed E-state index contributed by atoms with van der Waals surface area (Å²) in [5.74, 6) is -0.589. The van der Waals surface area contributed by atoms with Gasteiger partial charge >= 0.3 is 0 Å². The van der Waals surface area contributed by atoms with Crippen LogP contribution in [0.3, 0.4) is 0 Å². The Hall–Kier alpha value is -1.44. The highest BCUT2D eigenvalue weighted by Gasteiger charge is 2.24. The van der Waals surface area contributed by atoms with E-state index in [0.29, 0.717) is 15.7 Å². The molecule has 5 nitrogen and oxygen atoms in total. The summed E-state index contributed by atoms with van der Waals surface area (Å²) in [7, 11) is -3.45. The van der Waals surface area contributed by atoms with E-state index in [1.54, 1.807) is 30.5 Å². The molecule has 0 radical (unpaired) electrons. The average Bonchev–Trinajstić information content (AvgIpc) is 2.84. The lowest BCUT2D eigenvalue weighted by molar-refractivity contribution is -0.115. The molecule has 1 amide bonds. The molecule has 0 unspecified atom stereocenters. The molecule has 21 heavy (non-hydrogen) atoms. The Morgan fingerprint density at radius 3 is 2.67 bits per heavy atom. The fourth-order valence-electron chi connectivity index (χ4n) is 1.57. The molecular weight excluding hydrogens is 332 g/mol. The minimum atomic E-state index is -3.45. The Bertz CT molecular complexity index is 771. The van der Waals surface area contributed by atoms with Gasteiger partial charge in [0.1, 0.15) is 10.9 Å². The third kappa shape index (κ3) is 3.81. The molecule has 0 aliphatic rings. The lowest BCUT2D eigenvalue weighted by Gasteiger charge is -2.12. The molecule has 0 bridgehead atoms. The zero-order valence-electron chi connectivity index (χ0n) is 11.3. The van der Waals surface area contributed by atoms with Crippen molar-refractivity contribution in [3.05, 3.63) is 34.8 Å². The smallest absolute Gasteiger partial charge is 0.242 e. The van der Waals surface area contributed by atoms with Gasteiger partial charge in [0.25, 0.3) is 0 Å². The van der Waals surface area contributed by atoms with Gasteiger partial charge in [-0.2, -0.15) is 0 Å². The van der Waals surface area contributed by atoms with E-state index in [4.69, 9.17) is 11.6 Å². The topological polar surface area (TPSA) is 76.1 Å². The lowest BCUT2D eigenvalue weighted by atomic mass is 10.2. The molecule has 8 heteroatoms. The first-order chi connectivity index (χ1) is 9.79. The van der Waals surface area contributed by atoms with E-state index >= 15 is 0 Å². The molecule has 0 saturated heterocycles. The summed E-state index contributed by atoms with van der Waals surface area (Å²) >= 11 is 7.23. The largest absolute Gasteiger partial charge is 0.323 e. The van der Waals surface area contributed by atoms with Crippen LogP contribution in [0.2, 0.25) is 4.34 Å². The standard InChI is InChI=1S/C13H13ClN2O3S2/c1-8(21(2,18)19)13(17)16-9-4-3-7-15-12(9)10-5-6-11(14)20-10/h3-8H,1-2H3,(H,16,17)/t8-/m1/s1. The van der Waals surface area contributed by atoms with Gasteiger partial charge in [-0.05, 0) is 31.2 Å². The summed E-state index contributed by atoms with van der Waals surface area (Å²) in [4.78, 5) is 17.0. The van der Waals surface area contributed by atoms with Crippen LogP contribution < -0.4 is 5.32 Å². The number of thiophene rings is 1. The molecule has 2 aromatic heterocycles. The van der Waals surface area contributed by atoms with Gasteiger partial charge in [0, 0.05) is 12.5 Å². The second-order valence-corrected chi connectivity index (χ2v) is 8.55. The van der Waals surface area contributed by atoms with Crippen LogP contribution in [0.5, 0.6) is 0 Å². The van der Waals surface area contributed by atoms with Crippen molar-refractivity contribution in [1.29, 1.82) is 0 Å². The predicted octanol–water partition coefficient (Wildman–Crippen LogP) is 2.84. The summed E-state index contributed by atoms with van der Waals surface area (Å²) in [6.07, 6.45) is 2.62. The molecule has 0 saturated carbocycles. The number of aromatic nitrogens is 1. The summed E-state index contributed by atoms with van der Waals surface area (Å²) < 4.78 is 23.5. The van der Waals surface area contributed by atoms with Crippen molar-refractivity contribution >= 4 is 44.4 Å². The zero-order valence-corrected chi connectivity index (χ0v) is 13.7. The number of carbonyl (C=O) groups is 1. The number of nitrogens with one attached hydrogen (secondary N) is 1. The normalized spacial score (nSPS) is 12.9. The van der Waals surface area contributed by atoms with Gasteiger partial charge in [0.15, 0.2) is 9.84 Å². The van der Waals surface area contributed by atoms with Crippen LogP contribution in [0, 0.1) is 0 Å². The van der Waals surface area contributed by atoms with Crippen LogP contribution in [0.25, 0.3) is 10.6 Å². The fraction of sp³-hybridized carbons (Fsp3) is 0.231. The Morgan fingerprint density at radius 1 is 1.38 bits per heavy atom. The summed E-state index contributed by atoms with van der Waals surface area (Å²) in [6.45, 7) is 1.35. The van der Waals surface area contributed by atoms with Gasteiger partial charge in [-0.15, -0.1) is 11.3 Å². The Kier molecular flexibility index (Phi) is 4.65. The van der Waals surface area contributed by atoms with Crippen LogP contribution in [0.1, 0.15) is 6.92 Å². The minimum Gasteiger partial charge on any atom is -0.323 e. The molecule has 112 valence electrons. The molecule has 0 spiro atoms. The van der Waals surface area contributed by atoms with E-state index in [1.165, 1.54) is 18.3 Å². The third-order valence-electron chi connectivity index (χ3n) is 2.88. The first kappa shape index (κ1) is 15.9. The molecule has 0 fully saturated rings. The molecule has 2 rings (SSSR count). The number of hydrogen-bond acceptors (Lipinski definition) is 5. The van der Waals surface area contributed by atoms with Gasteiger partial charge in [0.05, 0.1) is 14.9 Å². The molecule has 2 heterocycles. The first-order valence-electron chi connectivity index (χ1n) is 5.99. The summed E-state index contributed by atoms with van der Waals surface area (Å²) in [5.41, 5.74) is 1.01. The van der Waals surface area contributed by atoms with Crippen LogP contribution in [-0.2, 0) is 14.6 Å². The van der Waals surface area contributed by atoms with Crippen molar-refractivity contribution in [2.24, 2.45) is 0 Å². The quantitative estimate of drug-likeness (QED) is 0.925. The number of sulfone groups is 1. The first-order valence-corrected chi connectivity index (χ1v) is 9.14. The van der Waals surface area contributed by atoms with Crippen molar-refractivity contribution in [3.63, 3.8) is 0 Å². The van der Waals surface area contributed by atoms with Crippen LogP contribution >= 0.6 is 22.9 Å². The van der Waals surface area contributed by atoms with Gasteiger partial charge in [0.2, 0.25) is 5.91 Å². The maximum Gasteiger partial charge on any atom is 0.242 e. The molecule has 0 aliphatic heterocycles. The monoisotopic (exact) mass is 344 g/mol. The van der Waals surface area contributed by atoms with E-state index in [-0.39, 0.29) is 0 Å². The zero-order chi connectivity index (χ0) is 15.6. The molecule has 1 atom stereocenters. The second-order valence-electron chi connectivity index (χ2n) is 4.46. The number of halogens is 1. The van der Waals surface area contributed by atoms with E-state index in [1.807, 2.05) is 0 Å². The van der Waals surface area contributed by atoms with Crippen molar-refractivity contribution < 1.29 is 13.2 Å². The van der Waals surface area contributed by atoms with Crippen molar-refractivity contribution in [2.45, 2.75) is 12.2 Å². The van der Waals surface area contributed by atoms with Crippen molar-refractivity contribution in [3.8, 4) is 10.6 Å². The van der Waals surface area contributed by atoms with E-state index in [0.717, 1.165) is 11.1 Å². The molecule has 2 aromatic rings. The molecular formula is C13H13ClN2O3S2. The maximum absolute atomic E-state index is 12.0. The number of hydrogen-bond donors (Lipinski definition) is 1. The van der Waals surface area contributed by atoms with Crippen molar-refractivity contribution in [2.75, 3.05) is 11.6 Å². The minimum absolute atomic E-state index is 0.455. The highest BCUT2D eigenvalue weighted by atomic mass is 35.5. The van der Waals surface area contributed by atoms with Crippen molar-refractivity contribution in [1.82, 2.24) is 4.98 Å². The van der Waals surface area contributed by atoms with Gasteiger partial charge in [-0.25, -0.2) is 8.42 Å². The molecule has 0 aliphatic carbocycles. The highest BCUT2D eigenvalue weighted by molar-refractivity contribution is 7.92. The number of anilines is 1. The molecule has 0 aromatic carbocycles. The maximum atomic E-state index is 12.0. The number of nitrogens with zero attached hydrogens (tertiary/aromatic N) is 1. The number of amides is 1. The number of carbonyl (C=O) groups excluding carboxylic acids is 1. The summed E-state index contributed by atoms with van der Waals surface area (Å²) in [6, 6.07) is 6.87. The third-order valence-corrected chi connectivity index (χ3v) is 5.62. The highest BCUT2D eigenvalue weighted by Crippen LogP contribution is 2.33. The second kappa shape index (κ2) is 6.13. The van der Waals surface area contributed by atoms with E-state index < -0.39 is 21.0 Å². The Balaban J connectivity index is 2.32. The van der Waals surface area contributed by atoms with E-state index in [2.05, 4.69) is 10.3 Å². The number of rotatable bonds is 4. The lowest BCUT2D eigenvalue weighted by Crippen LogP contribution is -2.32. The SMILES string of the molecule is C[C@H](C(=O)Nc1cccnc1-c1ccc(Cl)s1)S(C)(=O)=O. The van der Waals surface area contributed by atoms with Crippen LogP contribution in [0.15, 0.2) is 30.5 Å². The van der Waals surface area contributed by atoms with Crippen LogP contribution in [0.4, 0.5) is 5.69 Å². The van der Waals surface area contributed by atoms with Gasteiger partial charge in [-0.1, -0.05) is 11.6 Å². The van der Waals surface area contributed by atoms with Gasteiger partial charge < -0.3 is 5.32 Å². The average molecular weight is 345 g/mol. The number of pyridine rings is 1. The predicted molar refractivity (Wildman–Crippen MR) is 85.5 cm³/mol. The fourth-order valence-corrected chi connectivity index (χ4v) is 3.07. The van der Waals surface area contributed by atoms with Crippen LogP contribution in [-0.4, -0.2) is 30.8 Å². The Morgan fingerprint density at radius 2 is 2.10 bits per heavy atom. The van der Waals surface area contributed by atoms with Gasteiger partial charge in [-0.3, -0.25) is 9.78 Å². The molecule has 1 N–H and O–H groups in total. The van der Waals surface area contributed by atoms with E-state index in [9.17, 15) is 13.2 Å². The Labute approximate surface area is 131 Å².